The molecule has 0 bridgehead atoms. The second-order valence-corrected chi connectivity index (χ2v) is 11.2. The van der Waals surface area contributed by atoms with Crippen LogP contribution in [0.5, 0.6) is 11.5 Å². The third-order valence-electron chi connectivity index (χ3n) is 6.46. The van der Waals surface area contributed by atoms with Crippen molar-refractivity contribution in [2.75, 3.05) is 19.7 Å². The highest BCUT2D eigenvalue weighted by Crippen LogP contribution is 2.44. The number of thiazole rings is 1. The van der Waals surface area contributed by atoms with E-state index in [2.05, 4.69) is 22.4 Å². The SMILES string of the molecule is Cc1ccc(S(=O)(=O)O)c(C2COc3c(cccc3C3CCNCC3)O2)c1.c1ccc2scnc2c1. The quantitative estimate of drug-likeness (QED) is 0.341. The summed E-state index contributed by atoms with van der Waals surface area (Å²) in [6.07, 6.45) is 1.50. The van der Waals surface area contributed by atoms with Crippen LogP contribution < -0.4 is 14.8 Å². The molecule has 7 nitrogen and oxygen atoms in total. The molecule has 4 aromatic rings. The summed E-state index contributed by atoms with van der Waals surface area (Å²) in [7, 11) is -4.34. The van der Waals surface area contributed by atoms with Crippen molar-refractivity contribution < 1.29 is 22.4 Å². The molecule has 1 unspecified atom stereocenters. The fourth-order valence-electron chi connectivity index (χ4n) is 4.69. The predicted octanol–water partition coefficient (Wildman–Crippen LogP) is 5.52. The Morgan fingerprint density at radius 3 is 2.61 bits per heavy atom. The van der Waals surface area contributed by atoms with E-state index in [4.69, 9.17) is 9.47 Å². The molecule has 1 aromatic heterocycles. The fraction of sp³-hybridized carbons (Fsp3) is 0.296. The smallest absolute Gasteiger partial charge is 0.294 e. The number of rotatable bonds is 3. The number of ether oxygens (including phenoxy) is 2. The number of hydrogen-bond donors (Lipinski definition) is 2. The summed E-state index contributed by atoms with van der Waals surface area (Å²) >= 11 is 1.68. The van der Waals surface area contributed by atoms with Gasteiger partial charge < -0.3 is 14.8 Å². The average molecular weight is 525 g/mol. The second kappa shape index (κ2) is 10.6. The van der Waals surface area contributed by atoms with E-state index in [0.717, 1.165) is 48.3 Å². The minimum absolute atomic E-state index is 0.139. The minimum atomic E-state index is -4.34. The Morgan fingerprint density at radius 1 is 1.03 bits per heavy atom. The molecular weight excluding hydrogens is 496 g/mol. The Hall–Kier alpha value is -2.98. The minimum Gasteiger partial charge on any atom is -0.485 e. The van der Waals surface area contributed by atoms with Gasteiger partial charge in [-0.3, -0.25) is 4.55 Å². The van der Waals surface area contributed by atoms with E-state index >= 15 is 0 Å². The molecule has 1 atom stereocenters. The Bertz CT molecular complexity index is 1430. The lowest BCUT2D eigenvalue weighted by Crippen LogP contribution is -2.28. The van der Waals surface area contributed by atoms with Crippen LogP contribution in [0.2, 0.25) is 0 Å². The molecule has 0 amide bonds. The van der Waals surface area contributed by atoms with Crippen LogP contribution in [0, 0.1) is 6.92 Å². The van der Waals surface area contributed by atoms with E-state index in [1.54, 1.807) is 23.5 Å². The highest BCUT2D eigenvalue weighted by molar-refractivity contribution is 7.85. The molecular formula is C27H28N2O5S2. The number of fused-ring (bicyclic) bond motifs is 2. The molecule has 0 aliphatic carbocycles. The molecule has 2 aliphatic rings. The first kappa shape index (κ1) is 24.7. The van der Waals surface area contributed by atoms with Crippen molar-refractivity contribution in [3.05, 3.63) is 82.9 Å². The van der Waals surface area contributed by atoms with Crippen LogP contribution in [0.1, 0.15) is 41.6 Å². The van der Waals surface area contributed by atoms with E-state index in [1.807, 2.05) is 42.8 Å². The van der Waals surface area contributed by atoms with Crippen LogP contribution in [0.4, 0.5) is 0 Å². The highest BCUT2D eigenvalue weighted by Gasteiger charge is 2.31. The molecule has 0 spiro atoms. The van der Waals surface area contributed by atoms with Crippen molar-refractivity contribution in [3.63, 3.8) is 0 Å². The van der Waals surface area contributed by atoms with Gasteiger partial charge in [0.2, 0.25) is 0 Å². The van der Waals surface area contributed by atoms with Crippen LogP contribution in [0.15, 0.2) is 71.1 Å². The summed E-state index contributed by atoms with van der Waals surface area (Å²) in [5.74, 6) is 1.79. The molecule has 0 saturated carbocycles. The van der Waals surface area contributed by atoms with E-state index in [0.29, 0.717) is 17.2 Å². The first-order valence-electron chi connectivity index (χ1n) is 11.9. The lowest BCUT2D eigenvalue weighted by Gasteiger charge is -2.32. The summed E-state index contributed by atoms with van der Waals surface area (Å²) < 4.78 is 46.6. The summed E-state index contributed by atoms with van der Waals surface area (Å²) in [5, 5.41) is 3.37. The third-order valence-corrected chi connectivity index (χ3v) is 8.20. The van der Waals surface area contributed by atoms with Crippen molar-refractivity contribution in [1.82, 2.24) is 10.3 Å². The van der Waals surface area contributed by atoms with Gasteiger partial charge in [0.25, 0.3) is 10.1 Å². The van der Waals surface area contributed by atoms with Crippen molar-refractivity contribution in [2.24, 2.45) is 0 Å². The van der Waals surface area contributed by atoms with Gasteiger partial charge in [-0.2, -0.15) is 8.42 Å². The molecule has 188 valence electrons. The number of aryl methyl sites for hydroxylation is 1. The van der Waals surface area contributed by atoms with Crippen molar-refractivity contribution in [1.29, 1.82) is 0 Å². The van der Waals surface area contributed by atoms with Crippen LogP contribution in [0.25, 0.3) is 10.2 Å². The molecule has 3 heterocycles. The topological polar surface area (TPSA) is 97.8 Å². The van der Waals surface area contributed by atoms with E-state index in [1.165, 1.54) is 10.8 Å². The Kier molecular flexibility index (Phi) is 7.25. The van der Waals surface area contributed by atoms with Crippen LogP contribution in [0.3, 0.4) is 0 Å². The van der Waals surface area contributed by atoms with Crippen LogP contribution in [-0.4, -0.2) is 37.7 Å². The average Bonchev–Trinajstić information content (AvgIpc) is 3.37. The summed E-state index contributed by atoms with van der Waals surface area (Å²) in [6, 6.07) is 18.8. The maximum Gasteiger partial charge on any atom is 0.294 e. The van der Waals surface area contributed by atoms with E-state index in [9.17, 15) is 13.0 Å². The van der Waals surface area contributed by atoms with Gasteiger partial charge in [0.15, 0.2) is 17.6 Å². The van der Waals surface area contributed by atoms with Gasteiger partial charge in [0.05, 0.1) is 15.7 Å². The zero-order valence-electron chi connectivity index (χ0n) is 19.9. The van der Waals surface area contributed by atoms with E-state index < -0.39 is 16.2 Å². The van der Waals surface area contributed by atoms with Gasteiger partial charge in [-0.25, -0.2) is 4.98 Å². The molecule has 2 aliphatic heterocycles. The molecule has 1 saturated heterocycles. The molecule has 0 radical (unpaired) electrons. The van der Waals surface area contributed by atoms with E-state index in [-0.39, 0.29) is 11.5 Å². The molecule has 6 rings (SSSR count). The normalized spacial score (nSPS) is 17.9. The summed E-state index contributed by atoms with van der Waals surface area (Å²) in [5.41, 5.74) is 5.41. The maximum absolute atomic E-state index is 11.8. The van der Waals surface area contributed by atoms with Crippen molar-refractivity contribution in [2.45, 2.75) is 36.7 Å². The molecule has 36 heavy (non-hydrogen) atoms. The monoisotopic (exact) mass is 524 g/mol. The summed E-state index contributed by atoms with van der Waals surface area (Å²) in [6.45, 7) is 4.03. The van der Waals surface area contributed by atoms with Gasteiger partial charge in [-0.15, -0.1) is 11.3 Å². The fourth-order valence-corrected chi connectivity index (χ4v) is 6.10. The lowest BCUT2D eigenvalue weighted by molar-refractivity contribution is 0.0875. The molecule has 9 heteroatoms. The first-order valence-corrected chi connectivity index (χ1v) is 14.2. The zero-order chi connectivity index (χ0) is 25.1. The van der Waals surface area contributed by atoms with Crippen molar-refractivity contribution >= 4 is 31.7 Å². The van der Waals surface area contributed by atoms with Crippen molar-refractivity contribution in [3.8, 4) is 11.5 Å². The van der Waals surface area contributed by atoms with Crippen LogP contribution in [-0.2, 0) is 10.1 Å². The first-order chi connectivity index (χ1) is 17.4. The number of benzene rings is 3. The predicted molar refractivity (Wildman–Crippen MR) is 141 cm³/mol. The molecule has 1 fully saturated rings. The molecule has 3 aromatic carbocycles. The van der Waals surface area contributed by atoms with Gasteiger partial charge in [0, 0.05) is 11.1 Å². The Labute approximate surface area is 214 Å². The number of nitrogens with zero attached hydrogens (tertiary/aromatic N) is 1. The second-order valence-electron chi connectivity index (χ2n) is 8.95. The van der Waals surface area contributed by atoms with Gasteiger partial charge in [-0.1, -0.05) is 42.0 Å². The van der Waals surface area contributed by atoms with Crippen LogP contribution >= 0.6 is 11.3 Å². The van der Waals surface area contributed by atoms with Gasteiger partial charge in [0.1, 0.15) is 11.5 Å². The largest absolute Gasteiger partial charge is 0.485 e. The number of piperidine rings is 1. The number of para-hydroxylation sites is 2. The highest BCUT2D eigenvalue weighted by atomic mass is 32.2. The Morgan fingerprint density at radius 2 is 1.83 bits per heavy atom. The molecule has 2 N–H and O–H groups in total. The summed E-state index contributed by atoms with van der Waals surface area (Å²) in [4.78, 5) is 4.00. The van der Waals surface area contributed by atoms with Gasteiger partial charge in [-0.05, 0) is 63.0 Å². The third kappa shape index (κ3) is 5.39. The standard InChI is InChI=1S/C20H23NO5S.C7H5NS/c1-13-5-6-19(27(22,23)24)16(11-13)18-12-25-20-15(3-2-4-17(20)26-18)14-7-9-21-10-8-14;1-2-4-7-6(3-1)8-5-9-7/h2-6,11,14,18,21H,7-10,12H2,1H3,(H,22,23,24);1-5H. The Balaban J connectivity index is 0.000000247. The number of hydrogen-bond acceptors (Lipinski definition) is 7. The number of nitrogens with one attached hydrogen (secondary N) is 1. The lowest BCUT2D eigenvalue weighted by atomic mass is 9.89. The van der Waals surface area contributed by atoms with Gasteiger partial charge >= 0.3 is 0 Å². The zero-order valence-corrected chi connectivity index (χ0v) is 21.5. The maximum atomic E-state index is 11.8. The number of aromatic nitrogens is 1.